The van der Waals surface area contributed by atoms with Crippen LogP contribution in [0.2, 0.25) is 0 Å². The molecule has 0 atom stereocenters. The third-order valence-corrected chi connectivity index (χ3v) is 0. The molecule has 0 bridgehead atoms. The first-order chi connectivity index (χ1) is 1.00. The van der Waals surface area contributed by atoms with Crippen LogP contribution in [0.1, 0.15) is 0 Å². The van der Waals surface area contributed by atoms with E-state index in [4.69, 9.17) is 4.79 Å². The molecule has 4 heavy (non-hydrogen) atoms. The van der Waals surface area contributed by atoms with Crippen molar-refractivity contribution in [3.8, 4) is 0 Å². The minimum absolute atomic E-state index is 0. The first kappa shape index (κ1) is 19.9. The van der Waals surface area contributed by atoms with Gasteiger partial charge in [-0.1, -0.05) is 0 Å². The summed E-state index contributed by atoms with van der Waals surface area (Å²) >= 11 is 0. The summed E-state index contributed by atoms with van der Waals surface area (Å²) in [6, 6.07) is 0. The van der Waals surface area contributed by atoms with E-state index < -0.39 is 0 Å². The van der Waals surface area contributed by atoms with Gasteiger partial charge in [-0.15, -0.1) is 24.0 Å². The van der Waals surface area contributed by atoms with Gasteiger partial charge in [-0.2, -0.15) is 0 Å². The summed E-state index contributed by atoms with van der Waals surface area (Å²) in [5, 5.41) is 0. The molecule has 3 heteroatoms. The SMILES string of the molecule is I.[CH-]=O.[Rh]. The average molecular weight is 260 g/mol. The molecule has 0 amide bonds. The Bertz CT molecular complexity index is 8.00. The summed E-state index contributed by atoms with van der Waals surface area (Å²) in [6.45, 7) is 3.25. The third kappa shape index (κ3) is 11.8. The zero-order chi connectivity index (χ0) is 2.00. The zero-order valence-electron chi connectivity index (χ0n) is 1.73. The fourth-order valence-electron chi connectivity index (χ4n) is 0. The van der Waals surface area contributed by atoms with Crippen LogP contribution in [-0.2, 0) is 24.3 Å². The molecule has 0 rings (SSSR count). The quantitative estimate of drug-likeness (QED) is 0.265. The minimum atomic E-state index is 0. The van der Waals surface area contributed by atoms with Gasteiger partial charge in [0.2, 0.25) is 0 Å². The predicted molar refractivity (Wildman–Crippen MR) is 22.2 cm³/mol. The van der Waals surface area contributed by atoms with E-state index in [2.05, 4.69) is 6.79 Å². The molecule has 0 saturated carbocycles. The van der Waals surface area contributed by atoms with E-state index in [1.807, 2.05) is 0 Å². The molecular formula is CH2IORh-. The first-order valence-corrected chi connectivity index (χ1v) is 0.236. The van der Waals surface area contributed by atoms with Gasteiger partial charge in [0, 0.05) is 19.5 Å². The molecule has 0 spiro atoms. The van der Waals surface area contributed by atoms with Crippen molar-refractivity contribution >= 4 is 30.8 Å². The molecule has 0 aliphatic rings. The second kappa shape index (κ2) is 35.1. The molecule has 0 aliphatic carbocycles. The number of halogens is 1. The van der Waals surface area contributed by atoms with Crippen molar-refractivity contribution < 1.29 is 24.3 Å². The second-order valence-corrected chi connectivity index (χ2v) is 0. The number of rotatable bonds is 0. The zero-order valence-corrected chi connectivity index (χ0v) is 5.70. The van der Waals surface area contributed by atoms with E-state index in [0.29, 0.717) is 0 Å². The number of carbonyl (C=O) groups excluding carboxylic acids is 1. The molecule has 0 aromatic carbocycles. The Labute approximate surface area is 54.9 Å². The van der Waals surface area contributed by atoms with Crippen molar-refractivity contribution in [1.29, 1.82) is 0 Å². The Morgan fingerprint density at radius 2 is 1.25 bits per heavy atom. The van der Waals surface area contributed by atoms with Crippen LogP contribution in [0.3, 0.4) is 0 Å². The van der Waals surface area contributed by atoms with Crippen molar-refractivity contribution in [3.05, 3.63) is 0 Å². The summed E-state index contributed by atoms with van der Waals surface area (Å²) < 4.78 is 0. The normalized spacial score (nSPS) is 1.00. The molecule has 0 aromatic heterocycles. The van der Waals surface area contributed by atoms with Gasteiger partial charge in [-0.3, -0.25) is 6.79 Å². The molecule has 29 valence electrons. The molecular weight excluding hydrogens is 258 g/mol. The first-order valence-electron chi connectivity index (χ1n) is 0.236. The Balaban J connectivity index is -0.00000000500. The van der Waals surface area contributed by atoms with Crippen LogP contribution in [0.4, 0.5) is 0 Å². The van der Waals surface area contributed by atoms with E-state index in [0.717, 1.165) is 0 Å². The average Bonchev–Trinajstić information content (AvgIpc) is 1.00. The van der Waals surface area contributed by atoms with Crippen LogP contribution in [0, 0.1) is 0 Å². The fraction of sp³-hybridized carbons (Fsp3) is 0. The van der Waals surface area contributed by atoms with E-state index in [1.165, 1.54) is 0 Å². The van der Waals surface area contributed by atoms with Gasteiger partial charge in [0.05, 0.1) is 0 Å². The largest absolute Gasteiger partial charge is 0.545 e. The maximum absolute atomic E-state index is 7.75. The summed E-state index contributed by atoms with van der Waals surface area (Å²) in [6.07, 6.45) is 0. The number of hydrogen-bond acceptors (Lipinski definition) is 1. The maximum atomic E-state index is 7.75. The van der Waals surface area contributed by atoms with E-state index in [1.54, 1.807) is 0 Å². The maximum Gasteiger partial charge on any atom is 0 e. The van der Waals surface area contributed by atoms with E-state index >= 15 is 0 Å². The van der Waals surface area contributed by atoms with Crippen molar-refractivity contribution in [3.63, 3.8) is 0 Å². The molecule has 0 unspecified atom stereocenters. The van der Waals surface area contributed by atoms with Crippen molar-refractivity contribution in [2.45, 2.75) is 0 Å². The number of hydrogen-bond donors (Lipinski definition) is 0. The summed E-state index contributed by atoms with van der Waals surface area (Å²) in [5.74, 6) is 0. The monoisotopic (exact) mass is 260 g/mol. The van der Waals surface area contributed by atoms with Gasteiger partial charge in [-0.25, -0.2) is 0 Å². The van der Waals surface area contributed by atoms with Crippen LogP contribution in [-0.4, -0.2) is 6.79 Å². The minimum Gasteiger partial charge on any atom is -0.545 e. The van der Waals surface area contributed by atoms with Crippen LogP contribution in [0.5, 0.6) is 0 Å². The molecule has 0 saturated heterocycles. The summed E-state index contributed by atoms with van der Waals surface area (Å²) in [5.41, 5.74) is 0. The van der Waals surface area contributed by atoms with Gasteiger partial charge >= 0.3 is 0 Å². The Morgan fingerprint density at radius 1 is 1.25 bits per heavy atom. The van der Waals surface area contributed by atoms with Crippen LogP contribution < -0.4 is 0 Å². The van der Waals surface area contributed by atoms with E-state index in [-0.39, 0.29) is 43.5 Å². The fourth-order valence-corrected chi connectivity index (χ4v) is 0. The third-order valence-electron chi connectivity index (χ3n) is 0. The summed E-state index contributed by atoms with van der Waals surface area (Å²) in [4.78, 5) is 7.75. The van der Waals surface area contributed by atoms with Gasteiger partial charge in [0.1, 0.15) is 0 Å². The molecule has 0 aromatic rings. The Morgan fingerprint density at radius 3 is 1.25 bits per heavy atom. The topological polar surface area (TPSA) is 17.1 Å². The van der Waals surface area contributed by atoms with Crippen molar-refractivity contribution in [2.75, 3.05) is 0 Å². The van der Waals surface area contributed by atoms with Crippen LogP contribution >= 0.6 is 24.0 Å². The standard InChI is InChI=1S/CHO.HI.Rh/c1-2;;/h1H;1H;/q-1;;. The van der Waals surface area contributed by atoms with Gasteiger partial charge in [0.25, 0.3) is 0 Å². The van der Waals surface area contributed by atoms with Gasteiger partial charge in [-0.05, 0) is 0 Å². The molecule has 0 aliphatic heterocycles. The van der Waals surface area contributed by atoms with Crippen LogP contribution in [0.25, 0.3) is 0 Å². The second-order valence-electron chi connectivity index (χ2n) is 0. The Hall–Kier alpha value is 1.02. The molecule has 0 fully saturated rings. The smallest absolute Gasteiger partial charge is 0 e. The van der Waals surface area contributed by atoms with Gasteiger partial charge in [0.15, 0.2) is 0 Å². The molecule has 1 radical (unpaired) electrons. The van der Waals surface area contributed by atoms with Crippen molar-refractivity contribution in [2.24, 2.45) is 0 Å². The van der Waals surface area contributed by atoms with Crippen molar-refractivity contribution in [1.82, 2.24) is 0 Å². The predicted octanol–water partition coefficient (Wildman–Crippen LogP) is 0.341. The van der Waals surface area contributed by atoms with Gasteiger partial charge < -0.3 is 4.79 Å². The van der Waals surface area contributed by atoms with Crippen LogP contribution in [0.15, 0.2) is 0 Å². The van der Waals surface area contributed by atoms with E-state index in [9.17, 15) is 0 Å². The summed E-state index contributed by atoms with van der Waals surface area (Å²) in [7, 11) is 0. The molecule has 0 N–H and O–H groups in total. The molecule has 0 heterocycles. The Kier molecular flexibility index (Phi) is 174. The molecule has 1 nitrogen and oxygen atoms in total.